The number of hydrogen-bond acceptors (Lipinski definition) is 1. The lowest BCUT2D eigenvalue weighted by Gasteiger charge is -2.09. The molecule has 0 saturated carbocycles. The van der Waals surface area contributed by atoms with Crippen molar-refractivity contribution in [1.82, 2.24) is 9.78 Å². The molecule has 0 aliphatic rings. The zero-order valence-electron chi connectivity index (χ0n) is 20.5. The van der Waals surface area contributed by atoms with Crippen molar-refractivity contribution in [2.24, 2.45) is 0 Å². The summed E-state index contributed by atoms with van der Waals surface area (Å²) in [5.41, 5.74) is 10.9. The van der Waals surface area contributed by atoms with E-state index in [-0.39, 0.29) is 0 Å². The Morgan fingerprint density at radius 1 is 0.514 bits per heavy atom. The summed E-state index contributed by atoms with van der Waals surface area (Å²) in [7, 11) is 5.95. The van der Waals surface area contributed by atoms with E-state index >= 15 is 0 Å². The Kier molecular flexibility index (Phi) is 6.27. The van der Waals surface area contributed by atoms with Gasteiger partial charge in [0.1, 0.15) is 7.85 Å². The molecule has 0 unspecified atom stereocenters. The third-order valence-corrected chi connectivity index (χ3v) is 6.67. The molecule has 0 spiro atoms. The molecule has 0 fully saturated rings. The maximum Gasteiger partial charge on any atom is 0.113 e. The predicted octanol–water partition coefficient (Wildman–Crippen LogP) is 7.39. The van der Waals surface area contributed by atoms with Crippen LogP contribution in [0.15, 0.2) is 140 Å². The Bertz CT molecular complexity index is 1620. The van der Waals surface area contributed by atoms with Crippen molar-refractivity contribution >= 4 is 13.3 Å². The van der Waals surface area contributed by atoms with Crippen molar-refractivity contribution < 1.29 is 0 Å². The molecule has 0 atom stereocenters. The van der Waals surface area contributed by atoms with Crippen LogP contribution in [0.3, 0.4) is 0 Å². The van der Waals surface area contributed by atoms with Gasteiger partial charge in [0.15, 0.2) is 0 Å². The molecule has 174 valence electrons. The van der Waals surface area contributed by atoms with Gasteiger partial charge in [-0.3, -0.25) is 4.68 Å². The molecular formula is C34H25BN2. The van der Waals surface area contributed by atoms with Crippen LogP contribution >= 0.6 is 0 Å². The molecule has 0 aliphatic carbocycles. The summed E-state index contributed by atoms with van der Waals surface area (Å²) >= 11 is 0. The van der Waals surface area contributed by atoms with E-state index in [0.717, 1.165) is 39.1 Å². The minimum absolute atomic E-state index is 0.695. The zero-order valence-corrected chi connectivity index (χ0v) is 20.5. The Morgan fingerprint density at radius 2 is 1.05 bits per heavy atom. The fourth-order valence-corrected chi connectivity index (χ4v) is 4.74. The van der Waals surface area contributed by atoms with E-state index in [4.69, 9.17) is 12.9 Å². The van der Waals surface area contributed by atoms with E-state index < -0.39 is 0 Å². The molecule has 1 aromatic heterocycles. The SMILES string of the molecule is [B]c1ccc(-c2ccccc2-c2cc(-c3ccc(-c4ccccc4)cc3)n(Cc3ccccc3)n2)cc1. The fourth-order valence-electron chi connectivity index (χ4n) is 4.74. The number of rotatable bonds is 6. The summed E-state index contributed by atoms with van der Waals surface area (Å²) in [6.07, 6.45) is 0. The maximum atomic E-state index is 5.95. The van der Waals surface area contributed by atoms with E-state index in [2.05, 4.69) is 120 Å². The smallest absolute Gasteiger partial charge is 0.113 e. The van der Waals surface area contributed by atoms with Crippen molar-refractivity contribution in [3.63, 3.8) is 0 Å². The van der Waals surface area contributed by atoms with Crippen molar-refractivity contribution in [3.05, 3.63) is 145 Å². The van der Waals surface area contributed by atoms with Crippen molar-refractivity contribution in [3.8, 4) is 44.8 Å². The minimum Gasteiger partial charge on any atom is -0.260 e. The molecule has 3 heteroatoms. The molecule has 2 radical (unpaired) electrons. The molecule has 1 heterocycles. The van der Waals surface area contributed by atoms with Crippen LogP contribution in [0.4, 0.5) is 0 Å². The molecule has 6 aromatic rings. The quantitative estimate of drug-likeness (QED) is 0.231. The molecule has 2 nitrogen and oxygen atoms in total. The van der Waals surface area contributed by atoms with Crippen LogP contribution in [-0.4, -0.2) is 17.6 Å². The topological polar surface area (TPSA) is 17.8 Å². The van der Waals surface area contributed by atoms with Gasteiger partial charge in [0.25, 0.3) is 0 Å². The van der Waals surface area contributed by atoms with E-state index in [1.165, 1.54) is 16.7 Å². The number of aromatic nitrogens is 2. The Balaban J connectivity index is 1.44. The summed E-state index contributed by atoms with van der Waals surface area (Å²) in [4.78, 5) is 0. The number of hydrogen-bond donors (Lipinski definition) is 0. The van der Waals surface area contributed by atoms with Crippen LogP contribution in [0.5, 0.6) is 0 Å². The van der Waals surface area contributed by atoms with Gasteiger partial charge in [0.2, 0.25) is 0 Å². The molecule has 0 amide bonds. The number of benzene rings is 5. The van der Waals surface area contributed by atoms with Crippen molar-refractivity contribution in [2.75, 3.05) is 0 Å². The van der Waals surface area contributed by atoms with Crippen LogP contribution < -0.4 is 5.46 Å². The van der Waals surface area contributed by atoms with Crippen LogP contribution in [0, 0.1) is 0 Å². The van der Waals surface area contributed by atoms with Gasteiger partial charge in [-0.15, -0.1) is 0 Å². The minimum atomic E-state index is 0.695. The van der Waals surface area contributed by atoms with Crippen molar-refractivity contribution in [1.29, 1.82) is 0 Å². The van der Waals surface area contributed by atoms with E-state index in [0.29, 0.717) is 6.54 Å². The highest BCUT2D eigenvalue weighted by Crippen LogP contribution is 2.34. The first kappa shape index (κ1) is 22.8. The van der Waals surface area contributed by atoms with Gasteiger partial charge in [-0.05, 0) is 39.4 Å². The highest BCUT2D eigenvalue weighted by molar-refractivity contribution is 6.32. The largest absolute Gasteiger partial charge is 0.260 e. The monoisotopic (exact) mass is 472 g/mol. The molecule has 0 bridgehead atoms. The molecular weight excluding hydrogens is 447 g/mol. The molecule has 0 N–H and O–H groups in total. The summed E-state index contributed by atoms with van der Waals surface area (Å²) in [5, 5.41) is 5.13. The first-order valence-electron chi connectivity index (χ1n) is 12.5. The van der Waals surface area contributed by atoms with Crippen LogP contribution in [-0.2, 0) is 6.54 Å². The van der Waals surface area contributed by atoms with Gasteiger partial charge in [-0.1, -0.05) is 139 Å². The predicted molar refractivity (Wildman–Crippen MR) is 155 cm³/mol. The van der Waals surface area contributed by atoms with Gasteiger partial charge < -0.3 is 0 Å². The van der Waals surface area contributed by atoms with E-state index in [1.54, 1.807) is 0 Å². The molecule has 5 aromatic carbocycles. The second-order valence-corrected chi connectivity index (χ2v) is 9.17. The highest BCUT2D eigenvalue weighted by atomic mass is 15.3. The summed E-state index contributed by atoms with van der Waals surface area (Å²) in [5.74, 6) is 0. The van der Waals surface area contributed by atoms with Gasteiger partial charge in [0, 0.05) is 5.56 Å². The average Bonchev–Trinajstić information content (AvgIpc) is 3.38. The molecule has 6 rings (SSSR count). The second-order valence-electron chi connectivity index (χ2n) is 9.17. The molecule has 0 aliphatic heterocycles. The Morgan fingerprint density at radius 3 is 1.76 bits per heavy atom. The van der Waals surface area contributed by atoms with Gasteiger partial charge in [0.05, 0.1) is 17.9 Å². The van der Waals surface area contributed by atoms with Crippen molar-refractivity contribution in [2.45, 2.75) is 6.54 Å². The van der Waals surface area contributed by atoms with Gasteiger partial charge in [-0.2, -0.15) is 5.10 Å². The third-order valence-electron chi connectivity index (χ3n) is 6.67. The maximum absolute atomic E-state index is 5.95. The van der Waals surface area contributed by atoms with E-state index in [9.17, 15) is 0 Å². The van der Waals surface area contributed by atoms with Crippen LogP contribution in [0.2, 0.25) is 0 Å². The third kappa shape index (κ3) is 4.89. The second kappa shape index (κ2) is 10.2. The van der Waals surface area contributed by atoms with Crippen LogP contribution in [0.1, 0.15) is 5.56 Å². The summed E-state index contributed by atoms with van der Waals surface area (Å²) < 4.78 is 2.11. The lowest BCUT2D eigenvalue weighted by atomic mass is 9.91. The Labute approximate surface area is 219 Å². The standard InChI is InChI=1S/C34H25BN2/c35-30-21-19-28(20-22-30)31-13-7-8-14-32(31)33-23-34(37(36-33)24-25-9-3-1-4-10-25)29-17-15-27(16-18-29)26-11-5-2-6-12-26/h1-23H,24H2. The first-order chi connectivity index (χ1) is 18.2. The summed E-state index contributed by atoms with van der Waals surface area (Å²) in [6, 6.07) is 48.4. The molecule has 37 heavy (non-hydrogen) atoms. The fraction of sp³-hybridized carbons (Fsp3) is 0.0294. The van der Waals surface area contributed by atoms with Gasteiger partial charge >= 0.3 is 0 Å². The Hall–Kier alpha value is -4.63. The zero-order chi connectivity index (χ0) is 25.0. The summed E-state index contributed by atoms with van der Waals surface area (Å²) in [6.45, 7) is 0.695. The highest BCUT2D eigenvalue weighted by Gasteiger charge is 2.15. The molecule has 0 saturated heterocycles. The normalized spacial score (nSPS) is 10.9. The number of nitrogens with zero attached hydrogens (tertiary/aromatic N) is 2. The first-order valence-corrected chi connectivity index (χ1v) is 12.5. The average molecular weight is 472 g/mol. The lowest BCUT2D eigenvalue weighted by molar-refractivity contribution is 0.697. The van der Waals surface area contributed by atoms with Gasteiger partial charge in [-0.25, -0.2) is 0 Å². The van der Waals surface area contributed by atoms with E-state index in [1.807, 2.05) is 24.3 Å². The lowest BCUT2D eigenvalue weighted by Crippen LogP contribution is -2.04. The van der Waals surface area contributed by atoms with Crippen LogP contribution in [0.25, 0.3) is 44.8 Å².